The number of carbonyl (C=O) groups excluding carboxylic acids is 1. The zero-order chi connectivity index (χ0) is 18.8. The van der Waals surface area contributed by atoms with Gasteiger partial charge in [0.15, 0.2) is 5.70 Å². The topological polar surface area (TPSA) is 125 Å². The number of nitrogens with zero attached hydrogens (tertiary/aromatic N) is 3. The highest BCUT2D eigenvalue weighted by atomic mass is 79.9. The number of hydrogen-bond donors (Lipinski definition) is 0. The van der Waals surface area contributed by atoms with Gasteiger partial charge in [-0.1, -0.05) is 28.1 Å². The van der Waals surface area contributed by atoms with Gasteiger partial charge in [0.1, 0.15) is 0 Å². The van der Waals surface area contributed by atoms with Crippen molar-refractivity contribution in [3.63, 3.8) is 0 Å². The fourth-order valence-electron chi connectivity index (χ4n) is 2.18. The Labute approximate surface area is 154 Å². The summed E-state index contributed by atoms with van der Waals surface area (Å²) in [6.45, 7) is 0. The normalized spacial score (nSPS) is 14.9. The molecule has 1 aliphatic rings. The first-order chi connectivity index (χ1) is 12.3. The van der Waals surface area contributed by atoms with Crippen molar-refractivity contribution in [3.05, 3.63) is 84.0 Å². The lowest BCUT2D eigenvalue weighted by molar-refractivity contribution is -0.394. The van der Waals surface area contributed by atoms with E-state index in [1.165, 1.54) is 6.08 Å². The Morgan fingerprint density at radius 1 is 1.00 bits per heavy atom. The Morgan fingerprint density at radius 3 is 2.12 bits per heavy atom. The Hall–Kier alpha value is -3.40. The molecule has 2 aromatic rings. The summed E-state index contributed by atoms with van der Waals surface area (Å²) in [6.07, 6.45) is 1.48. The molecular weight excluding hydrogens is 410 g/mol. The van der Waals surface area contributed by atoms with Gasteiger partial charge in [-0.05, 0) is 23.8 Å². The predicted molar refractivity (Wildman–Crippen MR) is 94.5 cm³/mol. The summed E-state index contributed by atoms with van der Waals surface area (Å²) in [6, 6.07) is 9.98. The maximum atomic E-state index is 12.0. The molecule has 0 spiro atoms. The van der Waals surface area contributed by atoms with Gasteiger partial charge in [-0.25, -0.2) is 9.79 Å². The molecule has 130 valence electrons. The summed E-state index contributed by atoms with van der Waals surface area (Å²) in [7, 11) is 0. The van der Waals surface area contributed by atoms with Crippen LogP contribution in [0.4, 0.5) is 11.4 Å². The highest BCUT2D eigenvalue weighted by Gasteiger charge is 2.27. The van der Waals surface area contributed by atoms with Crippen molar-refractivity contribution in [2.75, 3.05) is 0 Å². The smallest absolute Gasteiger partial charge is 0.363 e. The van der Waals surface area contributed by atoms with E-state index in [0.717, 1.165) is 22.7 Å². The predicted octanol–water partition coefficient (Wildman–Crippen LogP) is 3.61. The number of carbonyl (C=O) groups is 1. The molecule has 0 unspecified atom stereocenters. The maximum absolute atomic E-state index is 12.0. The van der Waals surface area contributed by atoms with Crippen molar-refractivity contribution in [1.29, 1.82) is 0 Å². The van der Waals surface area contributed by atoms with Crippen molar-refractivity contribution in [1.82, 2.24) is 0 Å². The number of nitro benzene ring substituents is 2. The van der Waals surface area contributed by atoms with E-state index >= 15 is 0 Å². The molecule has 0 saturated heterocycles. The van der Waals surface area contributed by atoms with Gasteiger partial charge in [-0.15, -0.1) is 0 Å². The molecule has 0 fully saturated rings. The Kier molecular flexibility index (Phi) is 4.59. The molecule has 0 radical (unpaired) electrons. The second-order valence-electron chi connectivity index (χ2n) is 5.14. The molecule has 0 aromatic heterocycles. The van der Waals surface area contributed by atoms with Crippen LogP contribution >= 0.6 is 15.9 Å². The van der Waals surface area contributed by atoms with Gasteiger partial charge < -0.3 is 4.74 Å². The molecular formula is C16H8BrN3O6. The first-order valence-corrected chi connectivity index (χ1v) is 7.85. The molecule has 1 heterocycles. The maximum Gasteiger partial charge on any atom is 0.363 e. The number of cyclic esters (lactones) is 1. The fourth-order valence-corrected chi connectivity index (χ4v) is 2.44. The minimum atomic E-state index is -0.771. The van der Waals surface area contributed by atoms with Gasteiger partial charge in [0, 0.05) is 16.6 Å². The van der Waals surface area contributed by atoms with E-state index in [4.69, 9.17) is 4.74 Å². The van der Waals surface area contributed by atoms with Crippen molar-refractivity contribution in [2.45, 2.75) is 0 Å². The average molecular weight is 418 g/mol. The molecule has 10 heteroatoms. The lowest BCUT2D eigenvalue weighted by Gasteiger charge is -2.00. The summed E-state index contributed by atoms with van der Waals surface area (Å²) >= 11 is 3.30. The number of aliphatic imine (C=N–C) groups is 1. The van der Waals surface area contributed by atoms with Crippen LogP contribution in [0.2, 0.25) is 0 Å². The summed E-state index contributed by atoms with van der Waals surface area (Å²) in [4.78, 5) is 36.4. The van der Waals surface area contributed by atoms with Crippen molar-refractivity contribution in [3.8, 4) is 0 Å². The Morgan fingerprint density at radius 2 is 1.58 bits per heavy atom. The number of halogens is 1. The van der Waals surface area contributed by atoms with Gasteiger partial charge in [-0.3, -0.25) is 20.2 Å². The van der Waals surface area contributed by atoms with Crippen LogP contribution < -0.4 is 0 Å². The Balaban J connectivity index is 2.02. The van der Waals surface area contributed by atoms with Crippen LogP contribution in [0.25, 0.3) is 6.08 Å². The summed E-state index contributed by atoms with van der Waals surface area (Å²) in [5.41, 5.74) is -0.360. The second-order valence-corrected chi connectivity index (χ2v) is 6.06. The molecule has 0 aliphatic carbocycles. The molecule has 0 amide bonds. The molecule has 0 saturated carbocycles. The Bertz CT molecular complexity index is 965. The number of nitro groups is 2. The second kappa shape index (κ2) is 6.84. The van der Waals surface area contributed by atoms with E-state index < -0.39 is 27.2 Å². The standard InChI is InChI=1S/C16H8BrN3O6/c17-11-3-1-9(2-4-11)5-14-16(21)26-15(18-14)10-6-12(19(22)23)8-13(7-10)20(24)25/h1-8H. The zero-order valence-corrected chi connectivity index (χ0v) is 14.4. The third-order valence-electron chi connectivity index (χ3n) is 3.37. The van der Waals surface area contributed by atoms with Gasteiger partial charge in [0.05, 0.1) is 21.5 Å². The molecule has 9 nitrogen and oxygen atoms in total. The van der Waals surface area contributed by atoms with Gasteiger partial charge in [-0.2, -0.15) is 0 Å². The number of rotatable bonds is 4. The summed E-state index contributed by atoms with van der Waals surface area (Å²) < 4.78 is 5.88. The monoisotopic (exact) mass is 417 g/mol. The molecule has 1 aliphatic heterocycles. The minimum Gasteiger partial charge on any atom is -0.402 e. The van der Waals surface area contributed by atoms with Crippen molar-refractivity contribution in [2.24, 2.45) is 4.99 Å². The lowest BCUT2D eigenvalue weighted by atomic mass is 10.1. The van der Waals surface area contributed by atoms with Crippen LogP contribution in [0, 0.1) is 20.2 Å². The molecule has 26 heavy (non-hydrogen) atoms. The van der Waals surface area contributed by atoms with Gasteiger partial charge in [0.2, 0.25) is 5.90 Å². The number of hydrogen-bond acceptors (Lipinski definition) is 7. The van der Waals surface area contributed by atoms with E-state index in [-0.39, 0.29) is 17.2 Å². The lowest BCUT2D eigenvalue weighted by Crippen LogP contribution is -2.06. The summed E-state index contributed by atoms with van der Waals surface area (Å²) in [5, 5.41) is 21.9. The average Bonchev–Trinajstić information content (AvgIpc) is 2.97. The van der Waals surface area contributed by atoms with E-state index in [1.807, 2.05) is 0 Å². The molecule has 0 bridgehead atoms. The minimum absolute atomic E-state index is 0.0171. The summed E-state index contributed by atoms with van der Waals surface area (Å²) in [5.74, 6) is -0.984. The third kappa shape index (κ3) is 3.64. The van der Waals surface area contributed by atoms with Crippen LogP contribution in [0.1, 0.15) is 11.1 Å². The van der Waals surface area contributed by atoms with E-state index in [0.29, 0.717) is 5.56 Å². The molecule has 2 aromatic carbocycles. The van der Waals surface area contributed by atoms with Gasteiger partial charge >= 0.3 is 5.97 Å². The first kappa shape index (κ1) is 17.4. The highest BCUT2D eigenvalue weighted by Crippen LogP contribution is 2.26. The first-order valence-electron chi connectivity index (χ1n) is 7.06. The number of ether oxygens (including phenoxy) is 1. The van der Waals surface area contributed by atoms with Gasteiger partial charge in [0.25, 0.3) is 11.4 Å². The molecule has 0 atom stereocenters. The SMILES string of the molecule is O=C1OC(c2cc([N+](=O)[O-])cc([N+](=O)[O-])c2)=NC1=Cc1ccc(Br)cc1. The van der Waals surface area contributed by atoms with Crippen LogP contribution in [0.3, 0.4) is 0 Å². The number of non-ortho nitro benzene ring substituents is 2. The molecule has 3 rings (SSSR count). The van der Waals surface area contributed by atoms with Crippen molar-refractivity contribution >= 4 is 45.2 Å². The fraction of sp³-hybridized carbons (Fsp3) is 0. The highest BCUT2D eigenvalue weighted by molar-refractivity contribution is 9.10. The van der Waals surface area contributed by atoms with E-state index in [1.54, 1.807) is 24.3 Å². The van der Waals surface area contributed by atoms with E-state index in [9.17, 15) is 25.0 Å². The van der Waals surface area contributed by atoms with Crippen LogP contribution in [-0.2, 0) is 9.53 Å². The van der Waals surface area contributed by atoms with Crippen LogP contribution in [0.15, 0.2) is 57.6 Å². The zero-order valence-electron chi connectivity index (χ0n) is 12.8. The number of esters is 1. The van der Waals surface area contributed by atoms with Crippen LogP contribution in [-0.4, -0.2) is 21.7 Å². The van der Waals surface area contributed by atoms with Crippen LogP contribution in [0.5, 0.6) is 0 Å². The van der Waals surface area contributed by atoms with Crippen molar-refractivity contribution < 1.29 is 19.4 Å². The molecule has 0 N–H and O–H groups in total. The quantitative estimate of drug-likeness (QED) is 0.323. The number of benzene rings is 2. The largest absolute Gasteiger partial charge is 0.402 e. The van der Waals surface area contributed by atoms with E-state index in [2.05, 4.69) is 20.9 Å². The third-order valence-corrected chi connectivity index (χ3v) is 3.89.